The first-order valence-electron chi connectivity index (χ1n) is 6.36. The van der Waals surface area contributed by atoms with Crippen molar-refractivity contribution in [3.05, 3.63) is 58.3 Å². The molecular weight excluding hydrogens is 334 g/mol. The van der Waals surface area contributed by atoms with Crippen molar-refractivity contribution in [2.45, 2.75) is 6.92 Å². The third-order valence-corrected chi connectivity index (χ3v) is 3.20. The van der Waals surface area contributed by atoms with Crippen LogP contribution in [0.3, 0.4) is 0 Å². The summed E-state index contributed by atoms with van der Waals surface area (Å²) >= 11 is 3.42. The molecule has 0 unspecified atom stereocenters. The normalized spacial score (nSPS) is 10.6. The molecule has 108 valence electrons. The van der Waals surface area contributed by atoms with Crippen LogP contribution in [0.5, 0.6) is 5.75 Å². The van der Waals surface area contributed by atoms with Crippen molar-refractivity contribution in [2.24, 2.45) is 5.10 Å². The zero-order chi connectivity index (χ0) is 15.1. The zero-order valence-electron chi connectivity index (χ0n) is 11.4. The SMILES string of the molecule is CCOc1ccc(/C=N\NC(=O)c2ccncc2)cc1Br. The largest absolute Gasteiger partial charge is 0.493 e. The summed E-state index contributed by atoms with van der Waals surface area (Å²) in [6, 6.07) is 8.82. The van der Waals surface area contributed by atoms with E-state index >= 15 is 0 Å². The number of hydrazone groups is 1. The highest BCUT2D eigenvalue weighted by Crippen LogP contribution is 2.25. The molecule has 0 aliphatic carbocycles. The van der Waals surface area contributed by atoms with E-state index in [-0.39, 0.29) is 5.91 Å². The number of rotatable bonds is 5. The van der Waals surface area contributed by atoms with Crippen LogP contribution in [0.4, 0.5) is 0 Å². The fourth-order valence-electron chi connectivity index (χ4n) is 1.60. The smallest absolute Gasteiger partial charge is 0.271 e. The van der Waals surface area contributed by atoms with E-state index in [9.17, 15) is 4.79 Å². The van der Waals surface area contributed by atoms with Crippen LogP contribution in [0.2, 0.25) is 0 Å². The van der Waals surface area contributed by atoms with Gasteiger partial charge in [0.05, 0.1) is 17.3 Å². The van der Waals surface area contributed by atoms with Crippen LogP contribution in [0.25, 0.3) is 0 Å². The number of amides is 1. The molecule has 5 nitrogen and oxygen atoms in total. The monoisotopic (exact) mass is 347 g/mol. The number of benzene rings is 1. The molecule has 2 rings (SSSR count). The van der Waals surface area contributed by atoms with Crippen LogP contribution in [0.15, 0.2) is 52.3 Å². The van der Waals surface area contributed by atoms with Gasteiger partial charge in [-0.25, -0.2) is 5.43 Å². The van der Waals surface area contributed by atoms with Gasteiger partial charge in [-0.15, -0.1) is 0 Å². The van der Waals surface area contributed by atoms with Crippen molar-refractivity contribution < 1.29 is 9.53 Å². The second-order valence-corrected chi connectivity index (χ2v) is 4.91. The van der Waals surface area contributed by atoms with Gasteiger partial charge < -0.3 is 4.74 Å². The summed E-state index contributed by atoms with van der Waals surface area (Å²) in [6.07, 6.45) is 4.68. The van der Waals surface area contributed by atoms with Gasteiger partial charge in [0.25, 0.3) is 5.91 Å². The predicted octanol–water partition coefficient (Wildman–Crippen LogP) is 3.01. The zero-order valence-corrected chi connectivity index (χ0v) is 13.0. The number of nitrogens with zero attached hydrogens (tertiary/aromatic N) is 2. The summed E-state index contributed by atoms with van der Waals surface area (Å²) in [5.41, 5.74) is 3.82. The minimum atomic E-state index is -0.279. The minimum absolute atomic E-state index is 0.279. The Labute approximate surface area is 131 Å². The van der Waals surface area contributed by atoms with Crippen molar-refractivity contribution in [3.8, 4) is 5.75 Å². The molecule has 0 aliphatic rings. The Balaban J connectivity index is 1.98. The number of pyridine rings is 1. The topological polar surface area (TPSA) is 63.6 Å². The van der Waals surface area contributed by atoms with Gasteiger partial charge in [-0.2, -0.15) is 5.10 Å². The Morgan fingerprint density at radius 2 is 2.14 bits per heavy atom. The molecule has 0 atom stereocenters. The molecule has 1 heterocycles. The third kappa shape index (κ3) is 4.39. The van der Waals surface area contributed by atoms with E-state index in [2.05, 4.69) is 31.4 Å². The number of aromatic nitrogens is 1. The molecule has 1 amide bonds. The van der Waals surface area contributed by atoms with Crippen LogP contribution < -0.4 is 10.2 Å². The quantitative estimate of drug-likeness (QED) is 0.667. The lowest BCUT2D eigenvalue weighted by Gasteiger charge is -2.05. The summed E-state index contributed by atoms with van der Waals surface area (Å²) < 4.78 is 6.27. The van der Waals surface area contributed by atoms with Crippen molar-refractivity contribution in [3.63, 3.8) is 0 Å². The van der Waals surface area contributed by atoms with Crippen LogP contribution in [-0.2, 0) is 0 Å². The van der Waals surface area contributed by atoms with Crippen LogP contribution >= 0.6 is 15.9 Å². The Kier molecular flexibility index (Phi) is 5.45. The van der Waals surface area contributed by atoms with E-state index < -0.39 is 0 Å². The molecule has 6 heteroatoms. The van der Waals surface area contributed by atoms with Crippen LogP contribution in [-0.4, -0.2) is 23.7 Å². The maximum Gasteiger partial charge on any atom is 0.271 e. The Morgan fingerprint density at radius 1 is 1.38 bits per heavy atom. The van der Waals surface area contributed by atoms with Crippen LogP contribution in [0, 0.1) is 0 Å². The first-order chi connectivity index (χ1) is 10.2. The number of hydrogen-bond donors (Lipinski definition) is 1. The van der Waals surface area contributed by atoms with E-state index in [1.807, 2.05) is 25.1 Å². The number of hydrogen-bond acceptors (Lipinski definition) is 4. The van der Waals surface area contributed by atoms with Gasteiger partial charge in [0, 0.05) is 18.0 Å². The molecule has 2 aromatic rings. The van der Waals surface area contributed by atoms with Crippen molar-refractivity contribution in [1.29, 1.82) is 0 Å². The van der Waals surface area contributed by atoms with E-state index in [0.29, 0.717) is 12.2 Å². The van der Waals surface area contributed by atoms with Gasteiger partial charge in [-0.1, -0.05) is 0 Å². The van der Waals surface area contributed by atoms with Gasteiger partial charge in [-0.3, -0.25) is 9.78 Å². The fraction of sp³-hybridized carbons (Fsp3) is 0.133. The van der Waals surface area contributed by atoms with Crippen molar-refractivity contribution in [1.82, 2.24) is 10.4 Å². The Morgan fingerprint density at radius 3 is 2.81 bits per heavy atom. The van der Waals surface area contributed by atoms with E-state index in [0.717, 1.165) is 15.8 Å². The summed E-state index contributed by atoms with van der Waals surface area (Å²) in [4.78, 5) is 15.6. The number of halogens is 1. The lowest BCUT2D eigenvalue weighted by molar-refractivity contribution is 0.0955. The Hall–Kier alpha value is -2.21. The van der Waals surface area contributed by atoms with Gasteiger partial charge in [0.2, 0.25) is 0 Å². The third-order valence-electron chi connectivity index (χ3n) is 2.58. The molecule has 1 N–H and O–H groups in total. The molecule has 0 radical (unpaired) electrons. The van der Waals surface area contributed by atoms with Gasteiger partial charge >= 0.3 is 0 Å². The predicted molar refractivity (Wildman–Crippen MR) is 84.6 cm³/mol. The molecule has 0 saturated heterocycles. The average Bonchev–Trinajstić information content (AvgIpc) is 2.51. The first kappa shape index (κ1) is 15.2. The number of carbonyl (C=O) groups is 1. The molecule has 0 spiro atoms. The first-order valence-corrected chi connectivity index (χ1v) is 7.15. The maximum atomic E-state index is 11.8. The van der Waals surface area contributed by atoms with Gasteiger partial charge in [-0.05, 0) is 58.7 Å². The number of ether oxygens (including phenoxy) is 1. The van der Waals surface area contributed by atoms with Gasteiger partial charge in [0.1, 0.15) is 5.75 Å². The van der Waals surface area contributed by atoms with E-state index in [1.165, 1.54) is 0 Å². The lowest BCUT2D eigenvalue weighted by Crippen LogP contribution is -2.17. The molecular formula is C15H14BrN3O2. The average molecular weight is 348 g/mol. The molecule has 0 fully saturated rings. The standard InChI is InChI=1S/C15H14BrN3O2/c1-2-21-14-4-3-11(9-13(14)16)10-18-19-15(20)12-5-7-17-8-6-12/h3-10H,2H2,1H3,(H,19,20)/b18-10-. The summed E-state index contributed by atoms with van der Waals surface area (Å²) in [5.74, 6) is 0.495. The number of carbonyl (C=O) groups excluding carboxylic acids is 1. The highest BCUT2D eigenvalue weighted by Gasteiger charge is 2.03. The second kappa shape index (κ2) is 7.54. The number of nitrogens with one attached hydrogen (secondary N) is 1. The van der Waals surface area contributed by atoms with E-state index in [1.54, 1.807) is 30.7 Å². The van der Waals surface area contributed by atoms with Crippen LogP contribution in [0.1, 0.15) is 22.8 Å². The maximum absolute atomic E-state index is 11.8. The summed E-state index contributed by atoms with van der Waals surface area (Å²) in [5, 5.41) is 3.93. The molecule has 0 aliphatic heterocycles. The second-order valence-electron chi connectivity index (χ2n) is 4.06. The molecule has 0 saturated carbocycles. The highest BCUT2D eigenvalue weighted by molar-refractivity contribution is 9.10. The molecule has 1 aromatic carbocycles. The fourth-order valence-corrected chi connectivity index (χ4v) is 2.11. The molecule has 1 aromatic heterocycles. The Bertz CT molecular complexity index is 645. The van der Waals surface area contributed by atoms with Crippen molar-refractivity contribution >= 4 is 28.1 Å². The highest BCUT2D eigenvalue weighted by atomic mass is 79.9. The summed E-state index contributed by atoms with van der Waals surface area (Å²) in [7, 11) is 0. The molecule has 21 heavy (non-hydrogen) atoms. The molecule has 0 bridgehead atoms. The summed E-state index contributed by atoms with van der Waals surface area (Å²) in [6.45, 7) is 2.53. The van der Waals surface area contributed by atoms with Crippen molar-refractivity contribution in [2.75, 3.05) is 6.61 Å². The van der Waals surface area contributed by atoms with E-state index in [4.69, 9.17) is 4.74 Å². The minimum Gasteiger partial charge on any atom is -0.493 e. The van der Waals surface area contributed by atoms with Gasteiger partial charge in [0.15, 0.2) is 0 Å². The lowest BCUT2D eigenvalue weighted by atomic mass is 10.2.